The molecule has 0 bridgehead atoms. The molecule has 1 N–H and O–H groups in total. The van der Waals surface area contributed by atoms with Crippen molar-refractivity contribution >= 4 is 63.0 Å². The summed E-state index contributed by atoms with van der Waals surface area (Å²) in [6, 6.07) is 54.6. The zero-order valence-electron chi connectivity index (χ0n) is 45.8. The number of imidazole rings is 1. The zero-order valence-corrected chi connectivity index (χ0v) is 46.7. The first-order valence-electron chi connectivity index (χ1n) is 27.0. The van der Waals surface area contributed by atoms with Crippen molar-refractivity contribution in [2.24, 2.45) is 0 Å². The number of anilines is 1. The maximum Gasteiger partial charge on any atom is 0.409 e. The van der Waals surface area contributed by atoms with Crippen LogP contribution in [0.1, 0.15) is 73.0 Å². The van der Waals surface area contributed by atoms with Crippen LogP contribution in [0, 0.1) is 11.3 Å². The number of amides is 1. The van der Waals surface area contributed by atoms with E-state index in [1.54, 1.807) is 54.0 Å². The third-order valence-electron chi connectivity index (χ3n) is 14.9. The second-order valence-electron chi connectivity index (χ2n) is 20.5. The van der Waals surface area contributed by atoms with Gasteiger partial charge in [0.15, 0.2) is 23.2 Å². The van der Waals surface area contributed by atoms with Crippen molar-refractivity contribution in [2.75, 3.05) is 32.8 Å². The number of nitriles is 1. The third-order valence-corrected chi connectivity index (χ3v) is 17.4. The molecule has 1 saturated heterocycles. The van der Waals surface area contributed by atoms with Gasteiger partial charge in [-0.1, -0.05) is 127 Å². The molecule has 1 unspecified atom stereocenters. The van der Waals surface area contributed by atoms with Crippen molar-refractivity contribution in [1.29, 1.82) is 5.26 Å². The minimum Gasteiger partial charge on any atom is -0.497 e. The normalized spacial score (nSPS) is 17.4. The molecular weight excluding hydrogens is 1040 g/mol. The number of carbonyl (C=O) groups is 1. The van der Waals surface area contributed by atoms with Gasteiger partial charge in [0.2, 0.25) is 0 Å². The van der Waals surface area contributed by atoms with Crippen molar-refractivity contribution in [3.8, 4) is 17.6 Å². The number of carbonyl (C=O) groups excluding carboxylic acids is 1. The van der Waals surface area contributed by atoms with Crippen LogP contribution in [0.5, 0.6) is 11.5 Å². The molecule has 8 aromatic carbocycles. The summed E-state index contributed by atoms with van der Waals surface area (Å²) in [7, 11) is -1.15. The molecule has 2 aromatic heterocycles. The molecule has 10 aromatic rings. The lowest BCUT2D eigenvalue weighted by Crippen LogP contribution is -2.44. The van der Waals surface area contributed by atoms with E-state index >= 15 is 4.57 Å². The fourth-order valence-corrected chi connectivity index (χ4v) is 13.7. The fraction of sp³-hybridized carbons (Fsp3) is 0.266. The number of benzene rings is 8. The van der Waals surface area contributed by atoms with Crippen molar-refractivity contribution in [1.82, 2.24) is 24.2 Å². The zero-order chi connectivity index (χ0) is 56.3. The van der Waals surface area contributed by atoms with Gasteiger partial charge in [-0.2, -0.15) is 5.26 Å². The van der Waals surface area contributed by atoms with Crippen molar-refractivity contribution in [3.63, 3.8) is 0 Å². The average Bonchev–Trinajstić information content (AvgIpc) is 4.23. The van der Waals surface area contributed by atoms with E-state index in [0.717, 1.165) is 54.6 Å². The Kier molecular flexibility index (Phi) is 15.9. The first-order chi connectivity index (χ1) is 39.4. The van der Waals surface area contributed by atoms with Crippen LogP contribution in [0.15, 0.2) is 176 Å². The van der Waals surface area contributed by atoms with Gasteiger partial charge in [-0.05, 0) is 119 Å². The van der Waals surface area contributed by atoms with E-state index in [2.05, 4.69) is 71.0 Å². The summed E-state index contributed by atoms with van der Waals surface area (Å²) in [6.45, 7) is 7.37. The number of aromatic nitrogens is 4. The molecule has 0 spiro atoms. The Morgan fingerprint density at radius 3 is 1.96 bits per heavy atom. The first-order valence-corrected chi connectivity index (χ1v) is 28.5. The number of hydrogen-bond acceptors (Lipinski definition) is 13. The molecule has 16 nitrogen and oxygen atoms in total. The maximum absolute atomic E-state index is 16.1. The Balaban J connectivity index is 1.08. The van der Waals surface area contributed by atoms with Crippen LogP contribution < -0.4 is 14.8 Å². The van der Waals surface area contributed by atoms with Crippen LogP contribution in [-0.4, -0.2) is 87.9 Å². The Morgan fingerprint density at radius 1 is 0.728 bits per heavy atom. The van der Waals surface area contributed by atoms with Crippen molar-refractivity contribution in [2.45, 2.75) is 82.9 Å². The van der Waals surface area contributed by atoms with E-state index < -0.39 is 37.9 Å². The van der Waals surface area contributed by atoms with Crippen LogP contribution in [0.4, 0.5) is 5.82 Å². The predicted molar refractivity (Wildman–Crippen MR) is 311 cm³/mol. The van der Waals surface area contributed by atoms with Gasteiger partial charge in [0.25, 0.3) is 5.91 Å². The molecule has 17 heteroatoms. The molecule has 0 radical (unpaired) electrons. The number of rotatable bonds is 22. The summed E-state index contributed by atoms with van der Waals surface area (Å²) in [5, 5.41) is 19.3. The van der Waals surface area contributed by atoms with Crippen LogP contribution in [0.3, 0.4) is 0 Å². The van der Waals surface area contributed by atoms with Gasteiger partial charge in [0.05, 0.1) is 52.9 Å². The van der Waals surface area contributed by atoms with Gasteiger partial charge in [0.1, 0.15) is 41.7 Å². The van der Waals surface area contributed by atoms with Gasteiger partial charge in [0, 0.05) is 17.6 Å². The molecular formula is C64H62N7O9P. The molecule has 81 heavy (non-hydrogen) atoms. The highest BCUT2D eigenvalue weighted by Gasteiger charge is 2.54. The Hall–Kier alpha value is -8.10. The van der Waals surface area contributed by atoms with E-state index in [4.69, 9.17) is 42.7 Å². The van der Waals surface area contributed by atoms with Gasteiger partial charge in [-0.25, -0.2) is 24.2 Å². The standard InChI is InChI=1S/C64H62N7O9P/c1-41(2)71(42(3)4)81(73,78-36-14-35-65)80-58-54(38-77-64(48-19-11-8-12-20-48,49-26-30-51(74-5)31-27-49)50-28-32-52(75-6)33-29-50)79-63(70-40-68-57-60(66-39-67-61(57)70)69-62(72)46-15-9-7-10-16-46)59(58)76-37-47-24-23-45-22-21-43-17-13-18-44-25-34-53(47)56(45)55(43)44/h7-13,15-34,39-42,54,58-59,63H,14,36-38H2,1-6H3,(H,66,67,69,72)/t54-,58-,59-,63-,81?/m1/s1. The van der Waals surface area contributed by atoms with Crippen LogP contribution in [0.25, 0.3) is 43.5 Å². The highest BCUT2D eigenvalue weighted by molar-refractivity contribution is 7.51. The Morgan fingerprint density at radius 2 is 1.33 bits per heavy atom. The van der Waals surface area contributed by atoms with Crippen molar-refractivity contribution < 1.29 is 42.1 Å². The van der Waals surface area contributed by atoms with Gasteiger partial charge in [-0.15, -0.1) is 0 Å². The molecule has 412 valence electrons. The number of methoxy groups -OCH3 is 2. The second-order valence-corrected chi connectivity index (χ2v) is 22.3. The summed E-state index contributed by atoms with van der Waals surface area (Å²) in [4.78, 5) is 27.7. The Bertz CT molecular complexity index is 3820. The lowest BCUT2D eigenvalue weighted by molar-refractivity contribution is -0.0966. The highest BCUT2D eigenvalue weighted by atomic mass is 31.2. The summed E-state index contributed by atoms with van der Waals surface area (Å²) in [5.74, 6) is 1.10. The maximum atomic E-state index is 16.1. The lowest BCUT2D eigenvalue weighted by Gasteiger charge is -2.39. The van der Waals surface area contributed by atoms with Gasteiger partial charge >= 0.3 is 7.75 Å². The second kappa shape index (κ2) is 23.5. The number of hydrogen-bond donors (Lipinski definition) is 1. The molecule has 3 heterocycles. The molecule has 11 rings (SSSR count). The largest absolute Gasteiger partial charge is 0.497 e. The van der Waals surface area contributed by atoms with E-state index in [1.807, 2.05) is 113 Å². The topological polar surface area (TPSA) is 181 Å². The smallest absolute Gasteiger partial charge is 0.409 e. The molecule has 1 aliphatic heterocycles. The molecule has 0 saturated carbocycles. The van der Waals surface area contributed by atoms with E-state index in [1.165, 1.54) is 6.33 Å². The molecule has 1 amide bonds. The number of ether oxygens (including phenoxy) is 5. The van der Waals surface area contributed by atoms with E-state index in [-0.39, 0.29) is 55.6 Å². The first kappa shape index (κ1) is 54.8. The SMILES string of the molecule is COc1ccc(C(OC[C@H]2O[C@@H](n3cnc4c(NC(=O)c5ccccc5)ncnc43)[C@H](OCc3ccc4ccc5cccc6ccc3c4c56)[C@@H]2OP(=O)(OCCC#N)N(C(C)C)C(C)C)(c2ccccc2)c2ccc(OC)cc2)cc1. The number of fused-ring (bicyclic) bond motifs is 1. The summed E-state index contributed by atoms with van der Waals surface area (Å²) in [6.07, 6.45) is -1.64. The fourth-order valence-electron chi connectivity index (χ4n) is 11.3. The summed E-state index contributed by atoms with van der Waals surface area (Å²) in [5.41, 5.74) is 2.94. The lowest BCUT2D eigenvalue weighted by atomic mass is 9.80. The molecule has 1 aliphatic rings. The van der Waals surface area contributed by atoms with Crippen LogP contribution in [-0.2, 0) is 40.0 Å². The average molecular weight is 1100 g/mol. The monoisotopic (exact) mass is 1100 g/mol. The van der Waals surface area contributed by atoms with Gasteiger partial charge in [-0.3, -0.25) is 18.4 Å². The minimum absolute atomic E-state index is 0.0461. The third kappa shape index (κ3) is 10.6. The van der Waals surface area contributed by atoms with E-state index in [0.29, 0.717) is 22.7 Å². The van der Waals surface area contributed by atoms with Crippen LogP contribution in [0.2, 0.25) is 0 Å². The van der Waals surface area contributed by atoms with Crippen molar-refractivity contribution in [3.05, 3.63) is 204 Å². The quantitative estimate of drug-likeness (QED) is 0.0293. The molecule has 5 atom stereocenters. The molecule has 1 fully saturated rings. The van der Waals surface area contributed by atoms with Gasteiger partial charge < -0.3 is 29.0 Å². The number of nitrogens with one attached hydrogen (secondary N) is 1. The highest BCUT2D eigenvalue weighted by Crippen LogP contribution is 2.58. The van der Waals surface area contributed by atoms with E-state index in [9.17, 15) is 10.1 Å². The summed E-state index contributed by atoms with van der Waals surface area (Å²) >= 11 is 0. The Labute approximate surface area is 470 Å². The summed E-state index contributed by atoms with van der Waals surface area (Å²) < 4.78 is 66.7. The predicted octanol–water partition coefficient (Wildman–Crippen LogP) is 13.0. The number of nitrogens with zero attached hydrogens (tertiary/aromatic N) is 6. The van der Waals surface area contributed by atoms with Crippen LogP contribution >= 0.6 is 7.75 Å². The minimum atomic E-state index is -4.39. The molecule has 0 aliphatic carbocycles.